The number of hydrazone groups is 1. The lowest BCUT2D eigenvalue weighted by molar-refractivity contribution is 0.563. The fourth-order valence-corrected chi connectivity index (χ4v) is 5.67. The molecule has 0 radical (unpaired) electrons. The van der Waals surface area contributed by atoms with Gasteiger partial charge in [-0.15, -0.1) is 11.3 Å². The minimum absolute atomic E-state index is 0.0275. The first-order valence-electron chi connectivity index (χ1n) is 12.1. The second kappa shape index (κ2) is 11.1. The summed E-state index contributed by atoms with van der Waals surface area (Å²) in [7, 11) is -3.84. The summed E-state index contributed by atoms with van der Waals surface area (Å²) in [5.74, 6) is -0.388. The summed E-state index contributed by atoms with van der Waals surface area (Å²) < 4.78 is 44.7. The van der Waals surface area contributed by atoms with Crippen molar-refractivity contribution in [2.45, 2.75) is 4.90 Å². The van der Waals surface area contributed by atoms with E-state index in [1.807, 2.05) is 6.07 Å². The molecule has 0 saturated carbocycles. The molecule has 0 aliphatic carbocycles. The topological polar surface area (TPSA) is 145 Å². The van der Waals surface area contributed by atoms with Crippen LogP contribution in [0.2, 0.25) is 0 Å². The zero-order chi connectivity index (χ0) is 29.4. The van der Waals surface area contributed by atoms with Crippen molar-refractivity contribution in [2.24, 2.45) is 10.2 Å². The smallest absolute Gasteiger partial charge is 0.345 e. The highest BCUT2D eigenvalue weighted by Gasteiger charge is 2.14. The number of fused-ring (bicyclic) bond motifs is 1. The monoisotopic (exact) mass is 664 g/mol. The molecule has 0 aliphatic rings. The molecule has 3 heterocycles. The largest absolute Gasteiger partial charge is 0.422 e. The summed E-state index contributed by atoms with van der Waals surface area (Å²) >= 11 is 4.68. The van der Waals surface area contributed by atoms with E-state index in [0.29, 0.717) is 44.5 Å². The highest BCUT2D eigenvalue weighted by atomic mass is 79.9. The van der Waals surface area contributed by atoms with Crippen LogP contribution in [0.4, 0.5) is 9.52 Å². The van der Waals surface area contributed by atoms with Crippen molar-refractivity contribution in [2.75, 3.05) is 5.43 Å². The van der Waals surface area contributed by atoms with E-state index in [9.17, 15) is 17.6 Å². The number of aromatic nitrogens is 3. The van der Waals surface area contributed by atoms with Crippen molar-refractivity contribution in [1.29, 1.82) is 0 Å². The van der Waals surface area contributed by atoms with E-state index < -0.39 is 15.6 Å². The molecule has 3 N–H and O–H groups in total. The molecule has 0 atom stereocenters. The van der Waals surface area contributed by atoms with Crippen LogP contribution in [-0.2, 0) is 10.0 Å². The van der Waals surface area contributed by atoms with E-state index in [-0.39, 0.29) is 10.7 Å². The Hall–Kier alpha value is -4.50. The molecule has 6 rings (SSSR count). The Balaban J connectivity index is 1.28. The van der Waals surface area contributed by atoms with Gasteiger partial charge in [-0.3, -0.25) is 5.43 Å². The summed E-state index contributed by atoms with van der Waals surface area (Å²) in [6.07, 6.45) is 3.23. The third-order valence-electron chi connectivity index (χ3n) is 6.13. The Bertz CT molecular complexity index is 2140. The predicted octanol–water partition coefficient (Wildman–Crippen LogP) is 5.76. The normalized spacial score (nSPS) is 11.9. The number of hydrogen-bond donors (Lipinski definition) is 2. The molecule has 6 aromatic rings. The molecule has 210 valence electrons. The number of nitrogens with one attached hydrogen (secondary N) is 1. The number of thiazole rings is 1. The van der Waals surface area contributed by atoms with Gasteiger partial charge in [-0.25, -0.2) is 32.4 Å². The Morgan fingerprint density at radius 2 is 1.83 bits per heavy atom. The zero-order valence-corrected chi connectivity index (χ0v) is 24.5. The first-order valence-corrected chi connectivity index (χ1v) is 15.3. The van der Waals surface area contributed by atoms with E-state index in [4.69, 9.17) is 9.56 Å². The van der Waals surface area contributed by atoms with Gasteiger partial charge in [0.2, 0.25) is 15.2 Å². The molecule has 0 fully saturated rings. The van der Waals surface area contributed by atoms with Crippen LogP contribution in [0.3, 0.4) is 0 Å². The van der Waals surface area contributed by atoms with Crippen molar-refractivity contribution in [3.63, 3.8) is 0 Å². The van der Waals surface area contributed by atoms with E-state index >= 15 is 0 Å². The van der Waals surface area contributed by atoms with Crippen molar-refractivity contribution in [1.82, 2.24) is 14.8 Å². The lowest BCUT2D eigenvalue weighted by Crippen LogP contribution is -2.12. The minimum atomic E-state index is -3.84. The number of nitrogens with zero attached hydrogens (tertiary/aromatic N) is 4. The number of sulfonamides is 1. The molecule has 42 heavy (non-hydrogen) atoms. The number of nitrogens with two attached hydrogens (primary N) is 1. The molecule has 3 aromatic heterocycles. The molecule has 3 aromatic carbocycles. The van der Waals surface area contributed by atoms with Crippen LogP contribution in [0.15, 0.2) is 108 Å². The van der Waals surface area contributed by atoms with Gasteiger partial charge in [-0.1, -0.05) is 15.9 Å². The highest BCUT2D eigenvalue weighted by molar-refractivity contribution is 9.10. The number of hydrogen-bond acceptors (Lipinski definition) is 9. The molecule has 0 amide bonds. The van der Waals surface area contributed by atoms with Gasteiger partial charge < -0.3 is 4.42 Å². The molecule has 0 bridgehead atoms. The Labute approximate surface area is 250 Å². The quantitative estimate of drug-likeness (QED) is 0.125. The van der Waals surface area contributed by atoms with Crippen LogP contribution < -0.4 is 16.2 Å². The van der Waals surface area contributed by atoms with Gasteiger partial charge in [0, 0.05) is 32.6 Å². The van der Waals surface area contributed by atoms with Crippen LogP contribution in [0.1, 0.15) is 5.56 Å². The SMILES string of the molecule is NS(=O)(=O)c1ccc(-n2cc(/C=N\Nc3nc(-c4cc5cc(Br)ccc5oc4=O)cs3)c(-c3ccc(F)cc3)n2)cc1. The molecule has 0 saturated heterocycles. The summed E-state index contributed by atoms with van der Waals surface area (Å²) in [5, 5.41) is 17.0. The highest BCUT2D eigenvalue weighted by Crippen LogP contribution is 2.27. The second-order valence-corrected chi connectivity index (χ2v) is 12.3. The summed E-state index contributed by atoms with van der Waals surface area (Å²) in [4.78, 5) is 17.0. The first-order chi connectivity index (χ1) is 20.1. The summed E-state index contributed by atoms with van der Waals surface area (Å²) in [6, 6.07) is 18.8. The van der Waals surface area contributed by atoms with E-state index in [1.165, 1.54) is 41.8 Å². The van der Waals surface area contributed by atoms with Gasteiger partial charge in [-0.2, -0.15) is 10.2 Å². The van der Waals surface area contributed by atoms with E-state index in [2.05, 4.69) is 36.5 Å². The maximum absolute atomic E-state index is 13.6. The number of rotatable bonds is 7. The summed E-state index contributed by atoms with van der Waals surface area (Å²) in [5.41, 5.74) is 5.92. The Morgan fingerprint density at radius 1 is 1.07 bits per heavy atom. The van der Waals surface area contributed by atoms with Crippen LogP contribution in [-0.4, -0.2) is 29.4 Å². The van der Waals surface area contributed by atoms with E-state index in [1.54, 1.807) is 58.7 Å². The van der Waals surface area contributed by atoms with E-state index in [0.717, 1.165) is 9.86 Å². The average molecular weight is 666 g/mol. The van der Waals surface area contributed by atoms with Crippen LogP contribution in [0, 0.1) is 5.82 Å². The predicted molar refractivity (Wildman–Crippen MR) is 163 cm³/mol. The van der Waals surface area contributed by atoms with Gasteiger partial charge in [0.25, 0.3) is 0 Å². The van der Waals surface area contributed by atoms with Gasteiger partial charge >= 0.3 is 5.63 Å². The van der Waals surface area contributed by atoms with Crippen LogP contribution in [0.5, 0.6) is 0 Å². The average Bonchev–Trinajstić information content (AvgIpc) is 3.61. The molecular weight excluding hydrogens is 647 g/mol. The van der Waals surface area contributed by atoms with Gasteiger partial charge in [0.15, 0.2) is 0 Å². The van der Waals surface area contributed by atoms with Gasteiger partial charge in [-0.05, 0) is 72.8 Å². The first kappa shape index (κ1) is 27.7. The lowest BCUT2D eigenvalue weighted by Gasteiger charge is -2.03. The third kappa shape index (κ3) is 5.78. The molecule has 10 nitrogen and oxygen atoms in total. The summed E-state index contributed by atoms with van der Waals surface area (Å²) in [6.45, 7) is 0. The zero-order valence-electron chi connectivity index (χ0n) is 21.2. The van der Waals surface area contributed by atoms with Crippen LogP contribution in [0.25, 0.3) is 39.2 Å². The number of anilines is 1. The number of benzene rings is 3. The molecule has 0 unspecified atom stereocenters. The van der Waals surface area contributed by atoms with Crippen molar-refractivity contribution < 1.29 is 17.2 Å². The standard InChI is InChI=1S/C28H18BrFN6O4S2/c29-19-3-10-25-17(11-19)12-23(27(37)40-25)24-15-41-28(33-24)34-32-13-18-14-36(21-6-8-22(9-7-21)42(31,38)39)35-26(18)16-1-4-20(30)5-2-16/h1-15H,(H,33,34)(H2,31,38,39)/b32-13-. The van der Waals surface area contributed by atoms with Crippen LogP contribution >= 0.6 is 27.3 Å². The maximum Gasteiger partial charge on any atom is 0.345 e. The second-order valence-electron chi connectivity index (χ2n) is 8.96. The fraction of sp³-hybridized carbons (Fsp3) is 0. The van der Waals surface area contributed by atoms with Crippen molar-refractivity contribution in [3.05, 3.63) is 111 Å². The van der Waals surface area contributed by atoms with Gasteiger partial charge in [0.05, 0.1) is 28.1 Å². The minimum Gasteiger partial charge on any atom is -0.422 e. The molecule has 14 heteroatoms. The van der Waals surface area contributed by atoms with Crippen molar-refractivity contribution in [3.8, 4) is 28.2 Å². The molecule has 0 aliphatic heterocycles. The third-order valence-corrected chi connectivity index (χ3v) is 8.30. The molecular formula is C28H18BrFN6O4S2. The number of halogens is 2. The van der Waals surface area contributed by atoms with Crippen molar-refractivity contribution >= 4 is 59.6 Å². The number of primary sulfonamides is 1. The Kier molecular flexibility index (Phi) is 7.28. The Morgan fingerprint density at radius 3 is 2.57 bits per heavy atom. The molecule has 0 spiro atoms. The fourth-order valence-electron chi connectivity index (χ4n) is 4.11. The lowest BCUT2D eigenvalue weighted by atomic mass is 10.1. The maximum atomic E-state index is 13.6. The van der Waals surface area contributed by atoms with Gasteiger partial charge in [0.1, 0.15) is 17.1 Å².